The molecule has 93 heavy (non-hydrogen) atoms. The van der Waals surface area contributed by atoms with E-state index in [0.29, 0.717) is 23.0 Å². The minimum Gasteiger partial charge on any atom is -0.457 e. The van der Waals surface area contributed by atoms with Crippen molar-refractivity contribution >= 4 is 29.2 Å². The highest BCUT2D eigenvalue weighted by Gasteiger charge is 2.49. The summed E-state index contributed by atoms with van der Waals surface area (Å²) in [4.78, 5) is 2.40. The predicted molar refractivity (Wildman–Crippen MR) is 380 cm³/mol. The number of hydrogen-bond acceptors (Lipinski definition) is 3. The van der Waals surface area contributed by atoms with E-state index in [1.807, 2.05) is 109 Å². The van der Waals surface area contributed by atoms with Gasteiger partial charge >= 0.3 is 0 Å². The van der Waals surface area contributed by atoms with Crippen LogP contribution in [0.15, 0.2) is 322 Å². The van der Waals surface area contributed by atoms with Crippen molar-refractivity contribution in [1.82, 2.24) is 0 Å². The molecule has 3 nitrogen and oxygen atoms in total. The lowest BCUT2D eigenvalue weighted by atomic mass is 9.67. The zero-order valence-electron chi connectivity index (χ0n) is 52.0. The van der Waals surface area contributed by atoms with Gasteiger partial charge in [-0.05, 0) is 216 Å². The fourth-order valence-electron chi connectivity index (χ4n) is 15.0. The molecule has 15 rings (SSSR count). The third-order valence-electron chi connectivity index (χ3n) is 19.3. The maximum Gasteiger partial charge on any atom is 0.127 e. The van der Waals surface area contributed by atoms with Gasteiger partial charge in [0.05, 0.1) is 22.3 Å². The second-order valence-corrected chi connectivity index (χ2v) is 24.7. The van der Waals surface area contributed by atoms with Crippen LogP contribution < -0.4 is 14.4 Å². The van der Waals surface area contributed by atoms with Gasteiger partial charge < -0.3 is 14.4 Å². The number of para-hydroxylation sites is 1. The molecule has 3 aliphatic rings. The van der Waals surface area contributed by atoms with Gasteiger partial charge in [0.2, 0.25) is 0 Å². The molecule has 0 bridgehead atoms. The van der Waals surface area contributed by atoms with Crippen molar-refractivity contribution in [3.05, 3.63) is 389 Å². The molecule has 0 heterocycles. The highest BCUT2D eigenvalue weighted by molar-refractivity contribution is 5.96. The predicted octanol–water partition coefficient (Wildman–Crippen LogP) is 23.8. The molecular weight excluding hydrogens is 1140 g/mol. The van der Waals surface area contributed by atoms with Crippen LogP contribution in [0.2, 0.25) is 0 Å². The van der Waals surface area contributed by atoms with Crippen LogP contribution >= 0.6 is 0 Å². The average Bonchev–Trinajstić information content (AvgIpc) is 1.57. The molecule has 2 unspecified atom stereocenters. The molecule has 0 amide bonds. The Morgan fingerprint density at radius 3 is 1.39 bits per heavy atom. The van der Waals surface area contributed by atoms with Crippen molar-refractivity contribution in [3.63, 3.8) is 0 Å². The van der Waals surface area contributed by atoms with Crippen LogP contribution in [0.5, 0.6) is 23.0 Å². The van der Waals surface area contributed by atoms with E-state index in [4.69, 9.17) is 9.47 Å². The lowest BCUT2D eigenvalue weighted by molar-refractivity contribution is 0.482. The number of rotatable bonds is 16. The van der Waals surface area contributed by atoms with Crippen LogP contribution in [0.25, 0.3) is 56.7 Å². The number of halogens is 2. The Bertz CT molecular complexity index is 5010. The van der Waals surface area contributed by atoms with Crippen molar-refractivity contribution in [1.29, 1.82) is 0 Å². The zero-order chi connectivity index (χ0) is 63.6. The molecule has 0 radical (unpaired) electrons. The number of ether oxygens (including phenoxy) is 2. The molecule has 0 saturated heterocycles. The second-order valence-electron chi connectivity index (χ2n) is 24.7. The van der Waals surface area contributed by atoms with Crippen LogP contribution in [0.4, 0.5) is 25.8 Å². The second kappa shape index (κ2) is 23.1. The van der Waals surface area contributed by atoms with Crippen LogP contribution in [-0.2, 0) is 16.2 Å². The first-order chi connectivity index (χ1) is 45.4. The number of benzene rings is 12. The van der Waals surface area contributed by atoms with E-state index in [1.165, 1.54) is 35.3 Å². The van der Waals surface area contributed by atoms with Crippen molar-refractivity contribution in [2.24, 2.45) is 0 Å². The summed E-state index contributed by atoms with van der Waals surface area (Å²) in [5.74, 6) is 2.12. The van der Waals surface area contributed by atoms with E-state index in [1.54, 1.807) is 12.1 Å². The third kappa shape index (κ3) is 9.53. The van der Waals surface area contributed by atoms with Gasteiger partial charge in [-0.25, -0.2) is 8.78 Å². The minimum absolute atomic E-state index is 0.247. The average molecular weight is 1210 g/mol. The minimum atomic E-state index is -1.01. The summed E-state index contributed by atoms with van der Waals surface area (Å²) >= 11 is 0. The van der Waals surface area contributed by atoms with Crippen LogP contribution in [-0.4, -0.2) is 0 Å². The summed E-state index contributed by atoms with van der Waals surface area (Å²) in [5.41, 5.74) is 21.8. The lowest BCUT2D eigenvalue weighted by Gasteiger charge is -2.36. The molecule has 0 fully saturated rings. The van der Waals surface area contributed by atoms with Gasteiger partial charge in [-0.15, -0.1) is 0 Å². The van der Waals surface area contributed by atoms with Crippen LogP contribution in [0.3, 0.4) is 0 Å². The maximum atomic E-state index is 15.5. The van der Waals surface area contributed by atoms with Gasteiger partial charge in [-0.2, -0.15) is 0 Å². The van der Waals surface area contributed by atoms with Crippen molar-refractivity contribution in [3.8, 4) is 67.5 Å². The number of hydrogen-bond donors (Lipinski definition) is 0. The Kier molecular flexibility index (Phi) is 14.4. The van der Waals surface area contributed by atoms with Crippen molar-refractivity contribution < 1.29 is 18.3 Å². The van der Waals surface area contributed by atoms with E-state index in [-0.39, 0.29) is 17.1 Å². The quantitative estimate of drug-likeness (QED) is 0.0900. The van der Waals surface area contributed by atoms with E-state index in [0.717, 1.165) is 106 Å². The third-order valence-corrected chi connectivity index (χ3v) is 19.3. The Morgan fingerprint density at radius 2 is 0.828 bits per heavy atom. The summed E-state index contributed by atoms with van der Waals surface area (Å²) in [5, 5.41) is 0. The van der Waals surface area contributed by atoms with Crippen molar-refractivity contribution in [2.45, 2.75) is 37.0 Å². The summed E-state index contributed by atoms with van der Waals surface area (Å²) in [6, 6.07) is 94.6. The van der Waals surface area contributed by atoms with Gasteiger partial charge in [0, 0.05) is 22.4 Å². The van der Waals surface area contributed by atoms with Gasteiger partial charge in [-0.3, -0.25) is 0 Å². The van der Waals surface area contributed by atoms with E-state index >= 15 is 8.78 Å². The highest BCUT2D eigenvalue weighted by Crippen LogP contribution is 2.61. The first kappa shape index (κ1) is 58.0. The van der Waals surface area contributed by atoms with E-state index < -0.39 is 10.8 Å². The fourth-order valence-corrected chi connectivity index (χ4v) is 15.0. The van der Waals surface area contributed by atoms with Crippen molar-refractivity contribution in [2.75, 3.05) is 4.90 Å². The number of nitrogens with zero attached hydrogens (tertiary/aromatic N) is 1. The number of anilines is 3. The molecule has 12 aromatic carbocycles. The Hall–Kier alpha value is -11.4. The first-order valence-electron chi connectivity index (χ1n) is 31.5. The van der Waals surface area contributed by atoms with Gasteiger partial charge in [0.15, 0.2) is 0 Å². The monoisotopic (exact) mass is 1210 g/mol. The standard InChI is InChI=1S/C88H65F2NO2/c1-7-58-27-43-68(44-28-58)92-70-47-35-63(36-48-70)87(61(9-3)32-26-57(4)89)80-23-15-11-20-74(80)77-52-41-66(55-83(77)87)91(85-25-17-13-18-72(85)60-31-51-76-73-19-10-14-22-79(73)86(5,6)82(76)54-60)67-42-53-78-75-21-12-16-24-81(75)88(84(78)56-67,62-33-39-65(90)40-34-62)64-37-49-71(50-38-64)93-69-45-29-59(8-2)30-46-69/h7-56H,1-3H2,4-6H3/b57-26+,61-32+. The SMILES string of the molecule is C=C/C(=C\C=C(/C)F)C1(c2ccc(Oc3ccc(C=C)cc3)cc2)c2ccccc2-c2ccc(N(c3ccc4c(c3)C(c3ccc(F)cc3)(c3ccc(Oc5ccc(C=C)cc5)cc3)c3ccccc3-4)c3ccccc3-c3ccc4c(c3)C(C)(C)c3ccccc3-4)cc21. The smallest absolute Gasteiger partial charge is 0.127 e. The van der Waals surface area contributed by atoms with E-state index in [9.17, 15) is 0 Å². The lowest BCUT2D eigenvalue weighted by Crippen LogP contribution is -2.29. The van der Waals surface area contributed by atoms with Gasteiger partial charge in [-0.1, -0.05) is 234 Å². The summed E-state index contributed by atoms with van der Waals surface area (Å²) in [7, 11) is 0. The largest absolute Gasteiger partial charge is 0.457 e. The molecule has 0 spiro atoms. The highest BCUT2D eigenvalue weighted by atomic mass is 19.1. The molecule has 448 valence electrons. The molecule has 0 aromatic heterocycles. The van der Waals surface area contributed by atoms with Crippen LogP contribution in [0, 0.1) is 5.82 Å². The summed E-state index contributed by atoms with van der Waals surface area (Å²) in [6.07, 6.45) is 8.91. The number of allylic oxidation sites excluding steroid dienone is 5. The fraction of sp³-hybridized carbons (Fsp3) is 0.0682. The first-order valence-corrected chi connectivity index (χ1v) is 31.5. The van der Waals surface area contributed by atoms with Crippen LogP contribution in [0.1, 0.15) is 82.0 Å². The topological polar surface area (TPSA) is 21.7 Å². The molecule has 5 heteroatoms. The molecule has 2 atom stereocenters. The zero-order valence-corrected chi connectivity index (χ0v) is 52.0. The molecule has 12 aromatic rings. The number of fused-ring (bicyclic) bond motifs is 9. The normalized spacial score (nSPS) is 16.2. The molecular formula is C88H65F2NO2. The van der Waals surface area contributed by atoms with Gasteiger partial charge in [0.1, 0.15) is 28.8 Å². The summed E-state index contributed by atoms with van der Waals surface area (Å²) in [6.45, 7) is 18.5. The molecule has 0 saturated carbocycles. The Morgan fingerprint density at radius 1 is 0.398 bits per heavy atom. The summed E-state index contributed by atoms with van der Waals surface area (Å²) < 4.78 is 43.8. The molecule has 0 aliphatic heterocycles. The maximum absolute atomic E-state index is 15.5. The molecule has 0 N–H and O–H groups in total. The van der Waals surface area contributed by atoms with Gasteiger partial charge in [0.25, 0.3) is 0 Å². The molecule has 3 aliphatic carbocycles. The Labute approximate surface area is 543 Å². The van der Waals surface area contributed by atoms with E-state index in [2.05, 4.69) is 214 Å². The Balaban J connectivity index is 0.971.